The lowest BCUT2D eigenvalue weighted by molar-refractivity contribution is -0.171. The minimum atomic E-state index is -0.0202. The second-order valence-corrected chi connectivity index (χ2v) is 11.3. The van der Waals surface area contributed by atoms with Crippen LogP contribution in [0.4, 0.5) is 0 Å². The Hall–Kier alpha value is -0.690. The van der Waals surface area contributed by atoms with Gasteiger partial charge in [0.2, 0.25) is 0 Å². The molecule has 0 amide bonds. The zero-order valence-electron chi connectivity index (χ0n) is 26.3. The van der Waals surface area contributed by atoms with E-state index in [4.69, 9.17) is 14.4 Å². The van der Waals surface area contributed by atoms with Gasteiger partial charge in [0.05, 0.1) is 19.8 Å². The number of unbranched alkanes of at least 4 members (excludes halogenated alkanes) is 20. The van der Waals surface area contributed by atoms with Crippen molar-refractivity contribution in [1.29, 1.82) is 0 Å². The van der Waals surface area contributed by atoms with E-state index in [2.05, 4.69) is 24.8 Å². The predicted octanol–water partition coefficient (Wildman–Crippen LogP) is 9.36. The number of rotatable bonds is 34. The molecule has 0 bridgehead atoms. The van der Waals surface area contributed by atoms with Gasteiger partial charge in [-0.2, -0.15) is 0 Å². The van der Waals surface area contributed by atoms with Gasteiger partial charge in [0.15, 0.2) is 0 Å². The van der Waals surface area contributed by atoms with Crippen molar-refractivity contribution < 1.29 is 19.2 Å². The number of hydrogen-bond donors (Lipinski definition) is 2. The number of carbonyl (C=O) groups excluding carboxylic acids is 1. The molecule has 0 aliphatic heterocycles. The maximum absolute atomic E-state index is 11.8. The monoisotopic (exact) mass is 557 g/mol. The van der Waals surface area contributed by atoms with Crippen LogP contribution in [0.25, 0.3) is 0 Å². The molecule has 0 spiro atoms. The van der Waals surface area contributed by atoms with E-state index in [1.807, 2.05) is 0 Å². The van der Waals surface area contributed by atoms with Crippen molar-refractivity contribution >= 4 is 5.97 Å². The molecule has 0 fully saturated rings. The van der Waals surface area contributed by atoms with Gasteiger partial charge in [0.1, 0.15) is 0 Å². The lowest BCUT2D eigenvalue weighted by atomic mass is 10.1. The molecular weight excluding hydrogens is 488 g/mol. The van der Waals surface area contributed by atoms with Gasteiger partial charge < -0.3 is 10.1 Å². The van der Waals surface area contributed by atoms with Crippen molar-refractivity contribution in [1.82, 2.24) is 11.0 Å². The summed E-state index contributed by atoms with van der Waals surface area (Å²) in [5.74, 6) is -0.0202. The molecule has 0 radical (unpaired) electrons. The second kappa shape index (κ2) is 35.3. The highest BCUT2D eigenvalue weighted by Crippen LogP contribution is 2.11. The molecule has 0 aromatic rings. The Balaban J connectivity index is 3.12. The smallest absolute Gasteiger partial charge is 0.305 e. The van der Waals surface area contributed by atoms with Gasteiger partial charge in [0, 0.05) is 6.42 Å². The van der Waals surface area contributed by atoms with E-state index in [0.29, 0.717) is 19.6 Å². The number of carbonyl (C=O) groups is 1. The first-order valence-electron chi connectivity index (χ1n) is 17.2. The normalized spacial score (nSPS) is 11.3. The standard InChI is InChI=1S/C33H68N2O4/c1-3-5-7-9-11-13-15-17-24-30-37-33(36)27-21-19-22-28-34-29-23-20-26-32-39-35-38-31-25-18-16-14-12-10-8-6-4-2/h34-35H,3-32H2,1-2H3. The number of nitrogens with one attached hydrogen (secondary N) is 2. The summed E-state index contributed by atoms with van der Waals surface area (Å²) in [6.07, 6.45) is 30.6. The molecule has 234 valence electrons. The third-order valence-electron chi connectivity index (χ3n) is 7.31. The minimum absolute atomic E-state index is 0.0202. The van der Waals surface area contributed by atoms with E-state index >= 15 is 0 Å². The fraction of sp³-hybridized carbons (Fsp3) is 0.970. The Morgan fingerprint density at radius 3 is 1.33 bits per heavy atom. The first kappa shape index (κ1) is 38.3. The summed E-state index contributed by atoms with van der Waals surface area (Å²) in [7, 11) is 0. The molecule has 0 saturated heterocycles. The number of hydrogen-bond acceptors (Lipinski definition) is 6. The molecule has 6 heteroatoms. The second-order valence-electron chi connectivity index (χ2n) is 11.3. The van der Waals surface area contributed by atoms with Crippen molar-refractivity contribution in [3.05, 3.63) is 0 Å². The molecule has 0 aromatic heterocycles. The highest BCUT2D eigenvalue weighted by atomic mass is 16.9. The Morgan fingerprint density at radius 1 is 0.462 bits per heavy atom. The van der Waals surface area contributed by atoms with Gasteiger partial charge >= 0.3 is 5.97 Å². The topological polar surface area (TPSA) is 68.8 Å². The van der Waals surface area contributed by atoms with Gasteiger partial charge in [-0.3, -0.25) is 14.5 Å². The molecular formula is C33H68N2O4. The maximum Gasteiger partial charge on any atom is 0.305 e. The molecule has 2 N–H and O–H groups in total. The number of ether oxygens (including phenoxy) is 1. The van der Waals surface area contributed by atoms with Crippen LogP contribution in [0, 0.1) is 0 Å². The van der Waals surface area contributed by atoms with Gasteiger partial charge in [0.25, 0.3) is 0 Å². The third kappa shape index (κ3) is 35.3. The number of esters is 1. The van der Waals surface area contributed by atoms with Crippen LogP contribution < -0.4 is 11.0 Å². The molecule has 39 heavy (non-hydrogen) atoms. The Morgan fingerprint density at radius 2 is 0.846 bits per heavy atom. The van der Waals surface area contributed by atoms with Crippen LogP contribution in [0.1, 0.15) is 174 Å². The molecule has 0 rings (SSSR count). The van der Waals surface area contributed by atoms with Crippen LogP contribution in [0.15, 0.2) is 0 Å². The molecule has 0 aliphatic carbocycles. The molecule has 0 aliphatic rings. The fourth-order valence-corrected chi connectivity index (χ4v) is 4.70. The first-order valence-corrected chi connectivity index (χ1v) is 17.2. The predicted molar refractivity (Wildman–Crippen MR) is 166 cm³/mol. The summed E-state index contributed by atoms with van der Waals surface area (Å²) in [5, 5.41) is 3.50. The van der Waals surface area contributed by atoms with Gasteiger partial charge in [-0.05, 0) is 58.0 Å². The van der Waals surface area contributed by atoms with Crippen LogP contribution in [-0.4, -0.2) is 38.9 Å². The van der Waals surface area contributed by atoms with Crippen LogP contribution in [0.5, 0.6) is 0 Å². The van der Waals surface area contributed by atoms with Crippen molar-refractivity contribution in [2.75, 3.05) is 32.9 Å². The van der Waals surface area contributed by atoms with E-state index < -0.39 is 0 Å². The van der Waals surface area contributed by atoms with Crippen molar-refractivity contribution in [2.24, 2.45) is 0 Å². The van der Waals surface area contributed by atoms with Crippen molar-refractivity contribution in [3.8, 4) is 0 Å². The van der Waals surface area contributed by atoms with Crippen molar-refractivity contribution in [3.63, 3.8) is 0 Å². The summed E-state index contributed by atoms with van der Waals surface area (Å²) in [6.45, 7) is 8.61. The van der Waals surface area contributed by atoms with Crippen molar-refractivity contribution in [2.45, 2.75) is 174 Å². The maximum atomic E-state index is 11.8. The summed E-state index contributed by atoms with van der Waals surface area (Å²) in [6, 6.07) is 0. The lowest BCUT2D eigenvalue weighted by Crippen LogP contribution is -2.18. The highest BCUT2D eigenvalue weighted by Gasteiger charge is 2.02. The zero-order valence-corrected chi connectivity index (χ0v) is 26.3. The highest BCUT2D eigenvalue weighted by molar-refractivity contribution is 5.69. The van der Waals surface area contributed by atoms with E-state index in [-0.39, 0.29) is 5.97 Å². The Bertz CT molecular complexity index is 465. The van der Waals surface area contributed by atoms with E-state index in [1.165, 1.54) is 103 Å². The average Bonchev–Trinajstić information content (AvgIpc) is 2.94. The van der Waals surface area contributed by atoms with Gasteiger partial charge in [-0.1, -0.05) is 129 Å². The van der Waals surface area contributed by atoms with Gasteiger partial charge in [-0.15, -0.1) is 0 Å². The summed E-state index contributed by atoms with van der Waals surface area (Å²) >= 11 is 0. The lowest BCUT2D eigenvalue weighted by Gasteiger charge is -2.07. The fourth-order valence-electron chi connectivity index (χ4n) is 4.70. The Labute approximate surface area is 243 Å². The molecule has 0 atom stereocenters. The van der Waals surface area contributed by atoms with Crippen LogP contribution in [0.2, 0.25) is 0 Å². The third-order valence-corrected chi connectivity index (χ3v) is 7.31. The van der Waals surface area contributed by atoms with E-state index in [1.54, 1.807) is 0 Å². The van der Waals surface area contributed by atoms with Crippen LogP contribution in [-0.2, 0) is 19.2 Å². The minimum Gasteiger partial charge on any atom is -0.466 e. The van der Waals surface area contributed by atoms with E-state index in [9.17, 15) is 4.79 Å². The van der Waals surface area contributed by atoms with Crippen LogP contribution in [0.3, 0.4) is 0 Å². The SMILES string of the molecule is CCCCCCCCCCCONOCCCCCNCCCCCC(=O)OCCCCCCCCCCC. The summed E-state index contributed by atoms with van der Waals surface area (Å²) in [5.41, 5.74) is 2.63. The molecule has 0 heterocycles. The van der Waals surface area contributed by atoms with E-state index in [0.717, 1.165) is 71.1 Å². The average molecular weight is 557 g/mol. The first-order chi connectivity index (χ1) is 19.3. The quantitative estimate of drug-likeness (QED) is 0.0467. The Kier molecular flexibility index (Phi) is 34.7. The van der Waals surface area contributed by atoms with Crippen LogP contribution >= 0.6 is 0 Å². The molecule has 0 unspecified atom stereocenters. The zero-order chi connectivity index (χ0) is 28.3. The molecule has 0 saturated carbocycles. The molecule has 0 aromatic carbocycles. The molecule has 6 nitrogen and oxygen atoms in total. The summed E-state index contributed by atoms with van der Waals surface area (Å²) < 4.78 is 5.37. The summed E-state index contributed by atoms with van der Waals surface area (Å²) in [4.78, 5) is 22.5. The largest absolute Gasteiger partial charge is 0.466 e. The van der Waals surface area contributed by atoms with Gasteiger partial charge in [-0.25, -0.2) is 0 Å².